The topological polar surface area (TPSA) is 58.6 Å². The van der Waals surface area contributed by atoms with Gasteiger partial charge in [-0.2, -0.15) is 0 Å². The molecule has 0 N–H and O–H groups in total. The van der Waals surface area contributed by atoms with E-state index in [1.165, 1.54) is 19.2 Å². The number of carbonyl (C=O) groups is 1. The lowest BCUT2D eigenvalue weighted by molar-refractivity contribution is 0.0746. The number of ether oxygens (including phenoxy) is 1. The minimum absolute atomic E-state index is 0.133. The summed E-state index contributed by atoms with van der Waals surface area (Å²) in [5.74, 6) is 0.228. The number of anilines is 1. The predicted molar refractivity (Wildman–Crippen MR) is 83.1 cm³/mol. The van der Waals surface area contributed by atoms with Gasteiger partial charge in [-0.3, -0.25) is 9.78 Å². The average Bonchev–Trinajstić information content (AvgIpc) is 2.62. The largest absolute Gasteiger partial charge is 0.494 e. The highest BCUT2D eigenvalue weighted by molar-refractivity contribution is 5.94. The van der Waals surface area contributed by atoms with E-state index in [0.717, 1.165) is 5.82 Å². The first-order valence-corrected chi connectivity index (χ1v) is 7.33. The van der Waals surface area contributed by atoms with Crippen LogP contribution in [-0.4, -0.2) is 54.1 Å². The molecule has 0 bridgehead atoms. The van der Waals surface area contributed by atoms with Crippen LogP contribution in [0.4, 0.5) is 10.2 Å². The fraction of sp³-hybridized carbons (Fsp3) is 0.312. The lowest BCUT2D eigenvalue weighted by Gasteiger charge is -2.35. The Balaban J connectivity index is 1.65. The van der Waals surface area contributed by atoms with E-state index >= 15 is 0 Å². The molecule has 1 fully saturated rings. The van der Waals surface area contributed by atoms with Crippen LogP contribution >= 0.6 is 0 Å². The van der Waals surface area contributed by atoms with Gasteiger partial charge in [-0.1, -0.05) is 0 Å². The van der Waals surface area contributed by atoms with E-state index in [0.29, 0.717) is 31.7 Å². The van der Waals surface area contributed by atoms with E-state index < -0.39 is 5.82 Å². The highest BCUT2D eigenvalue weighted by Crippen LogP contribution is 2.20. The van der Waals surface area contributed by atoms with Crippen LogP contribution in [0.2, 0.25) is 0 Å². The van der Waals surface area contributed by atoms with Gasteiger partial charge in [0.15, 0.2) is 11.6 Å². The van der Waals surface area contributed by atoms with Crippen molar-refractivity contribution in [3.05, 3.63) is 48.2 Å². The highest BCUT2D eigenvalue weighted by atomic mass is 19.1. The molecule has 0 atom stereocenters. The van der Waals surface area contributed by atoms with Gasteiger partial charge in [0, 0.05) is 44.1 Å². The van der Waals surface area contributed by atoms with Crippen molar-refractivity contribution in [2.24, 2.45) is 0 Å². The van der Waals surface area contributed by atoms with Crippen molar-refractivity contribution in [1.29, 1.82) is 0 Å². The van der Waals surface area contributed by atoms with E-state index in [9.17, 15) is 9.18 Å². The standard InChI is InChI=1S/C16H17FN4O2/c1-23-14-3-2-12(10-13(14)17)16(22)21-8-6-20(7-9-21)15-11-18-4-5-19-15/h2-5,10-11H,6-9H2,1H3. The Morgan fingerprint density at radius 3 is 2.61 bits per heavy atom. The molecule has 1 aliphatic heterocycles. The number of benzene rings is 1. The summed E-state index contributed by atoms with van der Waals surface area (Å²) >= 11 is 0. The Labute approximate surface area is 133 Å². The molecule has 7 heteroatoms. The van der Waals surface area contributed by atoms with Gasteiger partial charge in [0.2, 0.25) is 0 Å². The Morgan fingerprint density at radius 2 is 2.00 bits per heavy atom. The number of amides is 1. The van der Waals surface area contributed by atoms with Crippen molar-refractivity contribution >= 4 is 11.7 Å². The molecule has 2 heterocycles. The molecular formula is C16H17FN4O2. The van der Waals surface area contributed by atoms with Crippen molar-refractivity contribution in [2.75, 3.05) is 38.2 Å². The third-order valence-corrected chi connectivity index (χ3v) is 3.84. The molecule has 120 valence electrons. The van der Waals surface area contributed by atoms with Gasteiger partial charge < -0.3 is 14.5 Å². The predicted octanol–water partition coefficient (Wildman–Crippen LogP) is 1.59. The molecule has 6 nitrogen and oxygen atoms in total. The van der Waals surface area contributed by atoms with Crippen molar-refractivity contribution in [2.45, 2.75) is 0 Å². The molecule has 0 unspecified atom stereocenters. The zero-order valence-electron chi connectivity index (χ0n) is 12.8. The zero-order valence-corrected chi connectivity index (χ0v) is 12.8. The minimum Gasteiger partial charge on any atom is -0.494 e. The number of halogens is 1. The third-order valence-electron chi connectivity index (χ3n) is 3.84. The Kier molecular flexibility index (Phi) is 4.36. The maximum Gasteiger partial charge on any atom is 0.254 e. The molecule has 0 aliphatic carbocycles. The number of hydrogen-bond acceptors (Lipinski definition) is 5. The van der Waals surface area contributed by atoms with Gasteiger partial charge in [-0.25, -0.2) is 9.37 Å². The van der Waals surface area contributed by atoms with Crippen LogP contribution in [0.25, 0.3) is 0 Å². The molecular weight excluding hydrogens is 299 g/mol. The molecule has 1 aromatic carbocycles. The normalized spacial score (nSPS) is 14.7. The number of hydrogen-bond donors (Lipinski definition) is 0. The quantitative estimate of drug-likeness (QED) is 0.860. The summed E-state index contributed by atoms with van der Waals surface area (Å²) in [6.45, 7) is 2.46. The van der Waals surface area contributed by atoms with Crippen molar-refractivity contribution in [3.8, 4) is 5.75 Å². The van der Waals surface area contributed by atoms with E-state index in [-0.39, 0.29) is 11.7 Å². The van der Waals surface area contributed by atoms with Crippen LogP contribution in [0.15, 0.2) is 36.8 Å². The second-order valence-electron chi connectivity index (χ2n) is 5.19. The SMILES string of the molecule is COc1ccc(C(=O)N2CCN(c3cnccn3)CC2)cc1F. The lowest BCUT2D eigenvalue weighted by Crippen LogP contribution is -2.49. The molecule has 1 amide bonds. The minimum atomic E-state index is -0.531. The van der Waals surface area contributed by atoms with Crippen LogP contribution in [0, 0.1) is 5.82 Å². The first-order chi connectivity index (χ1) is 11.2. The average molecular weight is 316 g/mol. The lowest BCUT2D eigenvalue weighted by atomic mass is 10.1. The summed E-state index contributed by atoms with van der Waals surface area (Å²) < 4.78 is 18.6. The number of carbonyl (C=O) groups excluding carboxylic acids is 1. The first kappa shape index (κ1) is 15.2. The van der Waals surface area contributed by atoms with Crippen LogP contribution in [-0.2, 0) is 0 Å². The second-order valence-corrected chi connectivity index (χ2v) is 5.19. The Hall–Kier alpha value is -2.70. The molecule has 0 radical (unpaired) electrons. The number of methoxy groups -OCH3 is 1. The van der Waals surface area contributed by atoms with E-state index in [1.807, 2.05) is 0 Å². The Morgan fingerprint density at radius 1 is 1.22 bits per heavy atom. The summed E-state index contributed by atoms with van der Waals surface area (Å²) in [6, 6.07) is 4.27. The molecule has 23 heavy (non-hydrogen) atoms. The smallest absolute Gasteiger partial charge is 0.254 e. The van der Waals surface area contributed by atoms with Gasteiger partial charge in [-0.05, 0) is 18.2 Å². The maximum absolute atomic E-state index is 13.7. The number of piperazine rings is 1. The number of rotatable bonds is 3. The van der Waals surface area contributed by atoms with Crippen molar-refractivity contribution in [3.63, 3.8) is 0 Å². The fourth-order valence-electron chi connectivity index (χ4n) is 2.58. The van der Waals surface area contributed by atoms with Crippen LogP contribution in [0.3, 0.4) is 0 Å². The van der Waals surface area contributed by atoms with Crippen molar-refractivity contribution in [1.82, 2.24) is 14.9 Å². The molecule has 1 saturated heterocycles. The fourth-order valence-corrected chi connectivity index (χ4v) is 2.58. The van der Waals surface area contributed by atoms with Gasteiger partial charge in [0.05, 0.1) is 13.3 Å². The van der Waals surface area contributed by atoms with Gasteiger partial charge in [0.25, 0.3) is 5.91 Å². The molecule has 2 aromatic rings. The Bertz CT molecular complexity index is 688. The van der Waals surface area contributed by atoms with Crippen LogP contribution in [0.5, 0.6) is 5.75 Å². The number of aromatic nitrogens is 2. The number of nitrogens with zero attached hydrogens (tertiary/aromatic N) is 4. The first-order valence-electron chi connectivity index (χ1n) is 7.33. The molecule has 3 rings (SSSR count). The van der Waals surface area contributed by atoms with Crippen molar-refractivity contribution < 1.29 is 13.9 Å². The molecule has 1 aliphatic rings. The zero-order chi connectivity index (χ0) is 16.2. The summed E-state index contributed by atoms with van der Waals surface area (Å²) in [5, 5.41) is 0. The van der Waals surface area contributed by atoms with E-state index in [2.05, 4.69) is 14.9 Å². The second kappa shape index (κ2) is 6.60. The summed E-state index contributed by atoms with van der Waals surface area (Å²) in [4.78, 5) is 24.6. The van der Waals surface area contributed by atoms with Crippen LogP contribution in [0.1, 0.15) is 10.4 Å². The molecule has 0 saturated carbocycles. The van der Waals surface area contributed by atoms with Gasteiger partial charge in [-0.15, -0.1) is 0 Å². The third kappa shape index (κ3) is 3.23. The maximum atomic E-state index is 13.7. The summed E-state index contributed by atoms with van der Waals surface area (Å²) in [6.07, 6.45) is 4.98. The van der Waals surface area contributed by atoms with E-state index in [1.54, 1.807) is 29.6 Å². The van der Waals surface area contributed by atoms with Crippen LogP contribution < -0.4 is 9.64 Å². The van der Waals surface area contributed by atoms with E-state index in [4.69, 9.17) is 4.74 Å². The summed E-state index contributed by atoms with van der Waals surface area (Å²) in [7, 11) is 1.39. The highest BCUT2D eigenvalue weighted by Gasteiger charge is 2.23. The molecule has 0 spiro atoms. The monoisotopic (exact) mass is 316 g/mol. The van der Waals surface area contributed by atoms with Gasteiger partial charge in [0.1, 0.15) is 5.82 Å². The van der Waals surface area contributed by atoms with Gasteiger partial charge >= 0.3 is 0 Å². The molecule has 1 aromatic heterocycles. The summed E-state index contributed by atoms with van der Waals surface area (Å²) in [5.41, 5.74) is 0.330.